The van der Waals surface area contributed by atoms with E-state index in [0.717, 1.165) is 5.56 Å². The molecule has 1 aromatic heterocycles. The van der Waals surface area contributed by atoms with Crippen LogP contribution in [0.1, 0.15) is 22.4 Å². The summed E-state index contributed by atoms with van der Waals surface area (Å²) >= 11 is 0. The molecule has 0 unspecified atom stereocenters. The van der Waals surface area contributed by atoms with E-state index in [4.69, 9.17) is 0 Å². The smallest absolute Gasteiger partial charge is 0.294 e. The Morgan fingerprint density at radius 2 is 2.00 bits per heavy atom. The number of nitrogens with one attached hydrogen (secondary N) is 1. The maximum Gasteiger partial charge on any atom is 0.294 e. The van der Waals surface area contributed by atoms with Gasteiger partial charge in [-0.2, -0.15) is 5.26 Å². The van der Waals surface area contributed by atoms with Crippen molar-refractivity contribution in [3.8, 4) is 6.07 Å². The zero-order valence-corrected chi connectivity index (χ0v) is 12.1. The van der Waals surface area contributed by atoms with E-state index in [2.05, 4.69) is 10.3 Å². The van der Waals surface area contributed by atoms with Gasteiger partial charge >= 0.3 is 0 Å². The van der Waals surface area contributed by atoms with Gasteiger partial charge in [-0.05, 0) is 31.5 Å². The number of nitrogens with zero attached hydrogens (tertiary/aromatic N) is 3. The van der Waals surface area contributed by atoms with Crippen LogP contribution in [0.15, 0.2) is 24.3 Å². The van der Waals surface area contributed by atoms with Gasteiger partial charge in [-0.15, -0.1) is 0 Å². The molecule has 0 radical (unpaired) electrons. The second kappa shape index (κ2) is 6.18. The molecule has 2 rings (SSSR count). The molecule has 0 amide bonds. The summed E-state index contributed by atoms with van der Waals surface area (Å²) in [6.45, 7) is 3.38. The highest BCUT2D eigenvalue weighted by Gasteiger charge is 2.22. The molecule has 0 bridgehead atoms. The first-order valence-electron chi connectivity index (χ1n) is 6.48. The number of hydrogen-bond donors (Lipinski definition) is 1. The first-order chi connectivity index (χ1) is 10.4. The molecule has 2 aromatic rings. The second-order valence-electron chi connectivity index (χ2n) is 4.74. The maximum absolute atomic E-state index is 12.9. The summed E-state index contributed by atoms with van der Waals surface area (Å²) in [5, 5.41) is 23.2. The lowest BCUT2D eigenvalue weighted by atomic mass is 10.1. The van der Waals surface area contributed by atoms with Crippen LogP contribution < -0.4 is 5.32 Å². The zero-order chi connectivity index (χ0) is 16.3. The Balaban J connectivity index is 2.33. The van der Waals surface area contributed by atoms with Gasteiger partial charge in [0.15, 0.2) is 0 Å². The molecule has 0 saturated heterocycles. The summed E-state index contributed by atoms with van der Waals surface area (Å²) in [6.07, 6.45) is 0. The van der Waals surface area contributed by atoms with Gasteiger partial charge in [0.2, 0.25) is 0 Å². The summed E-state index contributed by atoms with van der Waals surface area (Å²) in [7, 11) is 0. The van der Waals surface area contributed by atoms with Gasteiger partial charge in [-0.25, -0.2) is 9.37 Å². The lowest BCUT2D eigenvalue weighted by molar-refractivity contribution is -0.386. The molecule has 7 heteroatoms. The molecule has 0 aliphatic heterocycles. The van der Waals surface area contributed by atoms with Crippen LogP contribution in [0.3, 0.4) is 0 Å². The highest BCUT2D eigenvalue weighted by molar-refractivity contribution is 5.63. The second-order valence-corrected chi connectivity index (χ2v) is 4.74. The number of aromatic nitrogens is 1. The Labute approximate surface area is 126 Å². The highest BCUT2D eigenvalue weighted by atomic mass is 19.1. The van der Waals surface area contributed by atoms with Crippen molar-refractivity contribution in [1.29, 1.82) is 5.26 Å². The molecule has 1 N–H and O–H groups in total. The zero-order valence-electron chi connectivity index (χ0n) is 12.1. The number of nitro groups is 1. The van der Waals surface area contributed by atoms with Crippen molar-refractivity contribution in [2.24, 2.45) is 0 Å². The van der Waals surface area contributed by atoms with E-state index in [1.165, 1.54) is 26.0 Å². The molecular weight excluding hydrogens is 287 g/mol. The Kier molecular flexibility index (Phi) is 4.32. The van der Waals surface area contributed by atoms with E-state index in [1.807, 2.05) is 6.07 Å². The minimum Gasteiger partial charge on any atom is -0.365 e. The van der Waals surface area contributed by atoms with Crippen LogP contribution in [0.25, 0.3) is 0 Å². The van der Waals surface area contributed by atoms with Crippen LogP contribution in [0, 0.1) is 41.1 Å². The van der Waals surface area contributed by atoms with Gasteiger partial charge in [-0.3, -0.25) is 10.1 Å². The average Bonchev–Trinajstić information content (AvgIpc) is 2.46. The number of hydrogen-bond acceptors (Lipinski definition) is 5. The normalized spacial score (nSPS) is 10.1. The predicted octanol–water partition coefficient (Wildman–Crippen LogP) is 3.23. The summed E-state index contributed by atoms with van der Waals surface area (Å²) < 4.78 is 12.9. The number of aryl methyl sites for hydroxylation is 1. The van der Waals surface area contributed by atoms with Crippen LogP contribution in [-0.2, 0) is 6.54 Å². The quantitative estimate of drug-likeness (QED) is 0.691. The number of benzene rings is 1. The largest absolute Gasteiger partial charge is 0.365 e. The molecule has 1 heterocycles. The van der Waals surface area contributed by atoms with Crippen molar-refractivity contribution in [3.05, 3.63) is 62.6 Å². The van der Waals surface area contributed by atoms with Crippen LogP contribution in [0.2, 0.25) is 0 Å². The van der Waals surface area contributed by atoms with E-state index in [1.54, 1.807) is 12.1 Å². The molecule has 0 spiro atoms. The number of halogens is 1. The third kappa shape index (κ3) is 3.01. The molecule has 0 atom stereocenters. The minimum absolute atomic E-state index is 0.138. The summed E-state index contributed by atoms with van der Waals surface area (Å²) in [6, 6.07) is 7.83. The van der Waals surface area contributed by atoms with Gasteiger partial charge in [-0.1, -0.05) is 12.1 Å². The lowest BCUT2D eigenvalue weighted by Crippen LogP contribution is -2.08. The van der Waals surface area contributed by atoms with E-state index in [0.29, 0.717) is 6.54 Å². The third-order valence-electron chi connectivity index (χ3n) is 3.26. The molecule has 1 aromatic carbocycles. The van der Waals surface area contributed by atoms with Gasteiger partial charge < -0.3 is 5.32 Å². The number of anilines is 1. The van der Waals surface area contributed by atoms with E-state index in [-0.39, 0.29) is 34.1 Å². The van der Waals surface area contributed by atoms with E-state index >= 15 is 0 Å². The number of pyridine rings is 1. The first-order valence-corrected chi connectivity index (χ1v) is 6.48. The topological polar surface area (TPSA) is 91.8 Å². The number of nitriles is 1. The van der Waals surface area contributed by atoms with Crippen molar-refractivity contribution in [3.63, 3.8) is 0 Å². The van der Waals surface area contributed by atoms with Crippen molar-refractivity contribution in [2.45, 2.75) is 20.4 Å². The van der Waals surface area contributed by atoms with Gasteiger partial charge in [0.25, 0.3) is 5.69 Å². The molecule has 0 aliphatic rings. The molecule has 22 heavy (non-hydrogen) atoms. The summed E-state index contributed by atoms with van der Waals surface area (Å²) in [5.74, 6) is -0.0472. The van der Waals surface area contributed by atoms with Gasteiger partial charge in [0.05, 0.1) is 10.5 Å². The van der Waals surface area contributed by atoms with E-state index in [9.17, 15) is 19.8 Å². The van der Waals surface area contributed by atoms with Crippen molar-refractivity contribution >= 4 is 11.5 Å². The Hall–Kier alpha value is -3.01. The SMILES string of the molecule is Cc1nc(NCc2ccc(F)cc2)c(C#N)c(C)c1[N+](=O)[O-]. The molecule has 0 saturated carbocycles. The van der Waals surface area contributed by atoms with Gasteiger partial charge in [0.1, 0.15) is 29.0 Å². The van der Waals surface area contributed by atoms with Crippen molar-refractivity contribution < 1.29 is 9.31 Å². The van der Waals surface area contributed by atoms with E-state index < -0.39 is 4.92 Å². The Bertz CT molecular complexity index is 767. The van der Waals surface area contributed by atoms with Gasteiger partial charge in [0, 0.05) is 6.54 Å². The van der Waals surface area contributed by atoms with Crippen LogP contribution in [0.4, 0.5) is 15.9 Å². The molecule has 112 valence electrons. The fourth-order valence-corrected chi connectivity index (χ4v) is 2.17. The monoisotopic (exact) mass is 300 g/mol. The fourth-order valence-electron chi connectivity index (χ4n) is 2.17. The summed E-state index contributed by atoms with van der Waals surface area (Å²) in [4.78, 5) is 14.6. The summed E-state index contributed by atoms with van der Waals surface area (Å²) in [5.41, 5.74) is 1.31. The maximum atomic E-state index is 12.9. The first kappa shape index (κ1) is 15.4. The molecule has 0 fully saturated rings. The predicted molar refractivity (Wildman–Crippen MR) is 78.8 cm³/mol. The Morgan fingerprint density at radius 1 is 1.36 bits per heavy atom. The molecule has 0 aliphatic carbocycles. The number of rotatable bonds is 4. The van der Waals surface area contributed by atoms with Crippen molar-refractivity contribution in [2.75, 3.05) is 5.32 Å². The van der Waals surface area contributed by atoms with Crippen molar-refractivity contribution in [1.82, 2.24) is 4.98 Å². The lowest BCUT2D eigenvalue weighted by Gasteiger charge is -2.11. The van der Waals surface area contributed by atoms with Crippen LogP contribution in [-0.4, -0.2) is 9.91 Å². The third-order valence-corrected chi connectivity index (χ3v) is 3.26. The highest BCUT2D eigenvalue weighted by Crippen LogP contribution is 2.28. The minimum atomic E-state index is -0.539. The standard InChI is InChI=1S/C15H13FN4O2/c1-9-13(7-17)15(19-10(2)14(9)20(21)22)18-8-11-3-5-12(16)6-4-11/h3-6H,8H2,1-2H3,(H,18,19). The van der Waals surface area contributed by atoms with Crippen LogP contribution >= 0.6 is 0 Å². The van der Waals surface area contributed by atoms with Crippen LogP contribution in [0.5, 0.6) is 0 Å². The molecular formula is C15H13FN4O2. The average molecular weight is 300 g/mol. The fraction of sp³-hybridized carbons (Fsp3) is 0.200. The Morgan fingerprint density at radius 3 is 2.55 bits per heavy atom. The molecule has 6 nitrogen and oxygen atoms in total.